The van der Waals surface area contributed by atoms with Crippen molar-refractivity contribution in [2.45, 2.75) is 13.3 Å². The van der Waals surface area contributed by atoms with E-state index in [9.17, 15) is 9.59 Å². The second-order valence-electron chi connectivity index (χ2n) is 6.03. The minimum Gasteiger partial charge on any atom is -0.312 e. The van der Waals surface area contributed by atoms with E-state index in [2.05, 4.69) is 26.5 Å². The summed E-state index contributed by atoms with van der Waals surface area (Å²) in [5, 5.41) is 3.98. The van der Waals surface area contributed by atoms with E-state index < -0.39 is 5.92 Å². The number of nitrogens with one attached hydrogen (secondary N) is 1. The Kier molecular flexibility index (Phi) is 5.28. The van der Waals surface area contributed by atoms with Gasteiger partial charge in [0, 0.05) is 23.1 Å². The number of halogens is 1. The molecule has 1 saturated heterocycles. The van der Waals surface area contributed by atoms with E-state index in [0.29, 0.717) is 6.54 Å². The molecule has 0 spiro atoms. The van der Waals surface area contributed by atoms with Crippen LogP contribution in [-0.2, 0) is 9.59 Å². The lowest BCUT2D eigenvalue weighted by atomic mass is 10.1. The summed E-state index contributed by atoms with van der Waals surface area (Å²) in [6.07, 6.45) is 1.78. The smallest absolute Gasteiger partial charge is 0.245 e. The van der Waals surface area contributed by atoms with Crippen molar-refractivity contribution >= 4 is 39.6 Å². The maximum absolute atomic E-state index is 12.3. The lowest BCUT2D eigenvalue weighted by Crippen LogP contribution is -2.30. The number of nitrogens with zero attached hydrogens (tertiary/aromatic N) is 2. The normalized spacial score (nSPS) is 17.3. The summed E-state index contributed by atoms with van der Waals surface area (Å²) in [7, 11) is 0. The van der Waals surface area contributed by atoms with Gasteiger partial charge in [-0.05, 0) is 36.8 Å². The van der Waals surface area contributed by atoms with Crippen molar-refractivity contribution in [3.05, 3.63) is 64.1 Å². The molecule has 0 saturated carbocycles. The van der Waals surface area contributed by atoms with Gasteiger partial charge in [0.15, 0.2) is 0 Å². The lowest BCUT2D eigenvalue weighted by molar-refractivity contribution is -0.126. The van der Waals surface area contributed by atoms with E-state index >= 15 is 0 Å². The molecule has 128 valence electrons. The highest BCUT2D eigenvalue weighted by molar-refractivity contribution is 9.10. The third-order valence-corrected chi connectivity index (χ3v) is 4.63. The van der Waals surface area contributed by atoms with Gasteiger partial charge in [-0.15, -0.1) is 0 Å². The standard InChI is InChI=1S/C19H18BrN3O2/c1-13-2-8-17(9-3-13)23-12-15(10-18(23)24)19(25)22-21-11-14-4-6-16(20)7-5-14/h2-9,11,15H,10,12H2,1H3,(H,22,25). The third kappa shape index (κ3) is 4.33. The first-order valence-electron chi connectivity index (χ1n) is 7.98. The summed E-state index contributed by atoms with van der Waals surface area (Å²) in [6, 6.07) is 15.3. The molecule has 25 heavy (non-hydrogen) atoms. The molecule has 2 aromatic carbocycles. The highest BCUT2D eigenvalue weighted by atomic mass is 79.9. The van der Waals surface area contributed by atoms with Crippen molar-refractivity contribution in [3.63, 3.8) is 0 Å². The molecule has 1 heterocycles. The molecule has 0 radical (unpaired) electrons. The SMILES string of the molecule is Cc1ccc(N2CC(C(=O)NN=Cc3ccc(Br)cc3)CC2=O)cc1. The van der Waals surface area contributed by atoms with Crippen LogP contribution in [0.25, 0.3) is 0 Å². The molecule has 1 atom stereocenters. The molecule has 2 aromatic rings. The van der Waals surface area contributed by atoms with Crippen molar-refractivity contribution < 1.29 is 9.59 Å². The van der Waals surface area contributed by atoms with Crippen LogP contribution in [-0.4, -0.2) is 24.6 Å². The first kappa shape index (κ1) is 17.4. The van der Waals surface area contributed by atoms with E-state index in [1.165, 1.54) is 0 Å². The van der Waals surface area contributed by atoms with Crippen LogP contribution in [0.5, 0.6) is 0 Å². The van der Waals surface area contributed by atoms with Crippen LogP contribution in [0.15, 0.2) is 58.1 Å². The highest BCUT2D eigenvalue weighted by Crippen LogP contribution is 2.25. The van der Waals surface area contributed by atoms with Crippen LogP contribution < -0.4 is 10.3 Å². The Morgan fingerprint density at radius 2 is 1.88 bits per heavy atom. The topological polar surface area (TPSA) is 61.8 Å². The van der Waals surface area contributed by atoms with Gasteiger partial charge in [0.1, 0.15) is 0 Å². The summed E-state index contributed by atoms with van der Waals surface area (Å²) in [5.41, 5.74) is 5.37. The molecule has 1 aliphatic rings. The molecule has 0 aromatic heterocycles. The predicted octanol–water partition coefficient (Wildman–Crippen LogP) is 3.26. The molecular weight excluding hydrogens is 382 g/mol. The fraction of sp³-hybridized carbons (Fsp3) is 0.211. The number of anilines is 1. The van der Waals surface area contributed by atoms with Crippen LogP contribution in [0.1, 0.15) is 17.5 Å². The quantitative estimate of drug-likeness (QED) is 0.633. The van der Waals surface area contributed by atoms with Gasteiger partial charge >= 0.3 is 0 Å². The van der Waals surface area contributed by atoms with Crippen LogP contribution in [0, 0.1) is 12.8 Å². The first-order chi connectivity index (χ1) is 12.0. The second kappa shape index (κ2) is 7.61. The summed E-state index contributed by atoms with van der Waals surface area (Å²) >= 11 is 3.37. The van der Waals surface area contributed by atoms with Crippen molar-refractivity contribution in [2.24, 2.45) is 11.0 Å². The van der Waals surface area contributed by atoms with Crippen LogP contribution >= 0.6 is 15.9 Å². The van der Waals surface area contributed by atoms with E-state index in [-0.39, 0.29) is 18.2 Å². The largest absolute Gasteiger partial charge is 0.312 e. The number of carbonyl (C=O) groups is 2. The maximum atomic E-state index is 12.3. The van der Waals surface area contributed by atoms with Crippen LogP contribution in [0.4, 0.5) is 5.69 Å². The zero-order valence-electron chi connectivity index (χ0n) is 13.8. The summed E-state index contributed by atoms with van der Waals surface area (Å²) < 4.78 is 0.981. The van der Waals surface area contributed by atoms with E-state index in [4.69, 9.17) is 0 Å². The molecule has 0 bridgehead atoms. The Morgan fingerprint density at radius 1 is 1.20 bits per heavy atom. The van der Waals surface area contributed by atoms with E-state index in [0.717, 1.165) is 21.3 Å². The third-order valence-electron chi connectivity index (χ3n) is 4.10. The Hall–Kier alpha value is -2.47. The van der Waals surface area contributed by atoms with E-state index in [1.807, 2.05) is 55.5 Å². The van der Waals surface area contributed by atoms with Crippen molar-refractivity contribution in [3.8, 4) is 0 Å². The van der Waals surface area contributed by atoms with Gasteiger partial charge in [-0.1, -0.05) is 45.8 Å². The average molecular weight is 400 g/mol. The molecule has 1 aliphatic heterocycles. The zero-order valence-corrected chi connectivity index (χ0v) is 15.4. The van der Waals surface area contributed by atoms with Crippen LogP contribution in [0.2, 0.25) is 0 Å². The van der Waals surface area contributed by atoms with Crippen LogP contribution in [0.3, 0.4) is 0 Å². The van der Waals surface area contributed by atoms with Crippen molar-refractivity contribution in [1.82, 2.24) is 5.43 Å². The molecule has 0 aliphatic carbocycles. The Bertz CT molecular complexity index is 800. The first-order valence-corrected chi connectivity index (χ1v) is 8.78. The maximum Gasteiger partial charge on any atom is 0.245 e. The molecule has 1 N–H and O–H groups in total. The number of amides is 2. The lowest BCUT2D eigenvalue weighted by Gasteiger charge is -2.16. The molecule has 5 nitrogen and oxygen atoms in total. The Morgan fingerprint density at radius 3 is 2.56 bits per heavy atom. The zero-order chi connectivity index (χ0) is 17.8. The van der Waals surface area contributed by atoms with Gasteiger partial charge in [0.25, 0.3) is 0 Å². The monoisotopic (exact) mass is 399 g/mol. The van der Waals surface area contributed by atoms with E-state index in [1.54, 1.807) is 11.1 Å². The molecule has 1 fully saturated rings. The molecular formula is C19H18BrN3O2. The number of carbonyl (C=O) groups excluding carboxylic acids is 2. The van der Waals surface area contributed by atoms with Gasteiger partial charge in [0.2, 0.25) is 11.8 Å². The Balaban J connectivity index is 1.59. The number of rotatable bonds is 4. The Labute approximate surface area is 154 Å². The summed E-state index contributed by atoms with van der Waals surface area (Å²) in [5.74, 6) is -0.673. The predicted molar refractivity (Wildman–Crippen MR) is 102 cm³/mol. The second-order valence-corrected chi connectivity index (χ2v) is 6.94. The molecule has 6 heteroatoms. The van der Waals surface area contributed by atoms with Gasteiger partial charge in [0.05, 0.1) is 12.1 Å². The van der Waals surface area contributed by atoms with Gasteiger partial charge in [-0.3, -0.25) is 9.59 Å². The molecule has 1 unspecified atom stereocenters. The minimum atomic E-state index is -0.393. The number of aryl methyl sites for hydroxylation is 1. The number of hydrogen-bond donors (Lipinski definition) is 1. The summed E-state index contributed by atoms with van der Waals surface area (Å²) in [4.78, 5) is 26.1. The van der Waals surface area contributed by atoms with Gasteiger partial charge in [-0.25, -0.2) is 5.43 Å². The number of hydrogen-bond acceptors (Lipinski definition) is 3. The highest BCUT2D eigenvalue weighted by Gasteiger charge is 2.35. The average Bonchev–Trinajstić information content (AvgIpc) is 2.99. The number of benzene rings is 2. The van der Waals surface area contributed by atoms with Gasteiger partial charge < -0.3 is 4.90 Å². The molecule has 3 rings (SSSR count). The molecule has 2 amide bonds. The summed E-state index contributed by atoms with van der Waals surface area (Å²) in [6.45, 7) is 2.37. The minimum absolute atomic E-state index is 0.0408. The fourth-order valence-electron chi connectivity index (χ4n) is 2.67. The van der Waals surface area contributed by atoms with Crippen molar-refractivity contribution in [2.75, 3.05) is 11.4 Å². The van der Waals surface area contributed by atoms with Crippen molar-refractivity contribution in [1.29, 1.82) is 0 Å². The fourth-order valence-corrected chi connectivity index (χ4v) is 2.93. The van der Waals surface area contributed by atoms with Gasteiger partial charge in [-0.2, -0.15) is 5.10 Å². The number of hydrazone groups is 1.